The molecule has 14 heavy (non-hydrogen) atoms. The van der Waals surface area contributed by atoms with Crippen molar-refractivity contribution in [3.8, 4) is 0 Å². The molecule has 0 saturated heterocycles. The van der Waals surface area contributed by atoms with Crippen molar-refractivity contribution in [1.82, 2.24) is 9.97 Å². The molecule has 1 heterocycles. The third-order valence-corrected chi connectivity index (χ3v) is 2.06. The van der Waals surface area contributed by atoms with Crippen LogP contribution in [0.2, 0.25) is 0 Å². The number of nitrogens with zero attached hydrogens (tertiary/aromatic N) is 2. The number of hydrogen-bond acceptors (Lipinski definition) is 4. The fourth-order valence-electron chi connectivity index (χ4n) is 1.06. The molecule has 0 aliphatic rings. The minimum atomic E-state index is -0.126. The van der Waals surface area contributed by atoms with Crippen molar-refractivity contribution in [2.75, 3.05) is 11.9 Å². The molecule has 0 spiro atoms. The summed E-state index contributed by atoms with van der Waals surface area (Å²) in [4.78, 5) is 8.27. The van der Waals surface area contributed by atoms with Crippen LogP contribution in [-0.4, -0.2) is 22.1 Å². The Morgan fingerprint density at radius 3 is 2.71 bits per heavy atom. The van der Waals surface area contributed by atoms with Crippen LogP contribution in [0, 0.1) is 0 Å². The lowest BCUT2D eigenvalue weighted by molar-refractivity contribution is 0.577. The van der Waals surface area contributed by atoms with Gasteiger partial charge in [0, 0.05) is 23.8 Å². The summed E-state index contributed by atoms with van der Waals surface area (Å²) >= 11 is 0. The van der Waals surface area contributed by atoms with Gasteiger partial charge >= 0.3 is 0 Å². The summed E-state index contributed by atoms with van der Waals surface area (Å²) in [5.41, 5.74) is 6.53. The molecule has 3 N–H and O–H groups in total. The summed E-state index contributed by atoms with van der Waals surface area (Å²) < 4.78 is 0. The van der Waals surface area contributed by atoms with Crippen LogP contribution < -0.4 is 11.1 Å². The van der Waals surface area contributed by atoms with Gasteiger partial charge in [-0.15, -0.1) is 0 Å². The van der Waals surface area contributed by atoms with Crippen LogP contribution in [0.1, 0.15) is 26.5 Å². The molecule has 0 radical (unpaired) electrons. The number of nitrogens with one attached hydrogen (secondary N) is 1. The summed E-state index contributed by atoms with van der Waals surface area (Å²) in [6.07, 6.45) is 2.49. The van der Waals surface area contributed by atoms with Crippen LogP contribution in [0.4, 0.5) is 5.82 Å². The number of aromatic nitrogens is 2. The van der Waals surface area contributed by atoms with Gasteiger partial charge < -0.3 is 11.1 Å². The second-order valence-electron chi connectivity index (χ2n) is 3.96. The van der Waals surface area contributed by atoms with Gasteiger partial charge in [-0.25, -0.2) is 9.97 Å². The van der Waals surface area contributed by atoms with Crippen LogP contribution in [0.25, 0.3) is 0 Å². The highest BCUT2D eigenvalue weighted by Crippen LogP contribution is 2.11. The zero-order valence-electron chi connectivity index (χ0n) is 9.04. The Balaban J connectivity index is 2.76. The molecule has 0 atom stereocenters. The second kappa shape index (κ2) is 4.37. The number of hydrogen-bond donors (Lipinski definition) is 2. The molecule has 0 aliphatic heterocycles. The molecule has 1 aromatic heterocycles. The Kier molecular flexibility index (Phi) is 3.41. The van der Waals surface area contributed by atoms with Gasteiger partial charge in [-0.05, 0) is 20.3 Å². The fourth-order valence-corrected chi connectivity index (χ4v) is 1.06. The number of aryl methyl sites for hydroxylation is 1. The summed E-state index contributed by atoms with van der Waals surface area (Å²) in [6, 6.07) is 1.96. The van der Waals surface area contributed by atoms with Crippen molar-refractivity contribution in [2.24, 2.45) is 5.73 Å². The molecule has 0 fully saturated rings. The first-order valence-corrected chi connectivity index (χ1v) is 4.86. The average molecular weight is 194 g/mol. The fraction of sp³-hybridized carbons (Fsp3) is 0.600. The van der Waals surface area contributed by atoms with Gasteiger partial charge in [-0.3, -0.25) is 0 Å². The van der Waals surface area contributed by atoms with Gasteiger partial charge in [0.2, 0.25) is 0 Å². The van der Waals surface area contributed by atoms with E-state index in [1.165, 1.54) is 0 Å². The van der Waals surface area contributed by atoms with Crippen molar-refractivity contribution in [3.05, 3.63) is 18.1 Å². The second-order valence-corrected chi connectivity index (χ2v) is 3.96. The van der Waals surface area contributed by atoms with Crippen LogP contribution in [0.5, 0.6) is 0 Å². The van der Waals surface area contributed by atoms with Crippen LogP contribution >= 0.6 is 0 Å². The smallest absolute Gasteiger partial charge is 0.130 e. The first-order valence-electron chi connectivity index (χ1n) is 4.86. The average Bonchev–Trinajstić information content (AvgIpc) is 2.17. The molecular formula is C10H18N4. The van der Waals surface area contributed by atoms with E-state index in [1.54, 1.807) is 6.33 Å². The molecule has 4 nitrogen and oxygen atoms in total. The van der Waals surface area contributed by atoms with Gasteiger partial charge in [0.15, 0.2) is 0 Å². The molecule has 1 rings (SSSR count). The quantitative estimate of drug-likeness (QED) is 0.755. The van der Waals surface area contributed by atoms with E-state index in [9.17, 15) is 0 Å². The van der Waals surface area contributed by atoms with Crippen molar-refractivity contribution in [3.63, 3.8) is 0 Å². The van der Waals surface area contributed by atoms with Gasteiger partial charge in [0.05, 0.1) is 0 Å². The molecule has 1 aromatic rings. The maximum absolute atomic E-state index is 5.62. The predicted molar refractivity (Wildman–Crippen MR) is 58.2 cm³/mol. The van der Waals surface area contributed by atoms with E-state index < -0.39 is 0 Å². The van der Waals surface area contributed by atoms with Crippen LogP contribution in [-0.2, 0) is 6.42 Å². The lowest BCUT2D eigenvalue weighted by Crippen LogP contribution is -2.39. The van der Waals surface area contributed by atoms with Crippen molar-refractivity contribution in [1.29, 1.82) is 0 Å². The Bertz CT molecular complexity index is 296. The lowest BCUT2D eigenvalue weighted by Gasteiger charge is -2.24. The highest BCUT2D eigenvalue weighted by atomic mass is 15.1. The number of nitrogens with two attached hydrogens (primary N) is 1. The lowest BCUT2D eigenvalue weighted by atomic mass is 10.1. The maximum atomic E-state index is 5.62. The molecule has 0 saturated carbocycles. The molecule has 0 aliphatic carbocycles. The minimum absolute atomic E-state index is 0.126. The monoisotopic (exact) mass is 194 g/mol. The highest BCUT2D eigenvalue weighted by molar-refractivity contribution is 5.37. The summed E-state index contributed by atoms with van der Waals surface area (Å²) in [6.45, 7) is 6.72. The van der Waals surface area contributed by atoms with Gasteiger partial charge in [0.1, 0.15) is 12.1 Å². The van der Waals surface area contributed by atoms with Crippen LogP contribution in [0.3, 0.4) is 0 Å². The third-order valence-electron chi connectivity index (χ3n) is 2.06. The van der Waals surface area contributed by atoms with E-state index in [2.05, 4.69) is 22.2 Å². The molecule has 78 valence electrons. The first kappa shape index (κ1) is 10.9. The Labute approximate surface area is 85.0 Å². The molecule has 0 aromatic carbocycles. The Morgan fingerprint density at radius 1 is 1.43 bits per heavy atom. The van der Waals surface area contributed by atoms with E-state index in [0.29, 0.717) is 6.54 Å². The molecule has 0 amide bonds. The van der Waals surface area contributed by atoms with Crippen molar-refractivity contribution >= 4 is 5.82 Å². The first-order chi connectivity index (χ1) is 6.57. The van der Waals surface area contributed by atoms with E-state index in [0.717, 1.165) is 17.9 Å². The van der Waals surface area contributed by atoms with E-state index in [4.69, 9.17) is 5.73 Å². The summed E-state index contributed by atoms with van der Waals surface area (Å²) in [5, 5.41) is 3.27. The predicted octanol–water partition coefficient (Wildman–Crippen LogP) is 1.19. The Morgan fingerprint density at radius 2 is 2.14 bits per heavy atom. The maximum Gasteiger partial charge on any atom is 0.130 e. The van der Waals surface area contributed by atoms with Gasteiger partial charge in [-0.2, -0.15) is 0 Å². The summed E-state index contributed by atoms with van der Waals surface area (Å²) in [5.74, 6) is 0.840. The number of rotatable bonds is 4. The molecule has 0 unspecified atom stereocenters. The van der Waals surface area contributed by atoms with Crippen molar-refractivity contribution < 1.29 is 0 Å². The largest absolute Gasteiger partial charge is 0.364 e. The van der Waals surface area contributed by atoms with Crippen LogP contribution in [0.15, 0.2) is 12.4 Å². The van der Waals surface area contributed by atoms with E-state index in [-0.39, 0.29) is 5.54 Å². The molecular weight excluding hydrogens is 176 g/mol. The summed E-state index contributed by atoms with van der Waals surface area (Å²) in [7, 11) is 0. The highest BCUT2D eigenvalue weighted by Gasteiger charge is 2.15. The standard InChI is InChI=1S/C10H18N4/c1-4-8-5-9(13-7-12-8)14-10(2,3)6-11/h5,7H,4,6,11H2,1-3H3,(H,12,13,14). The SMILES string of the molecule is CCc1cc(NC(C)(C)CN)ncn1. The number of anilines is 1. The molecule has 0 bridgehead atoms. The van der Waals surface area contributed by atoms with Gasteiger partial charge in [-0.1, -0.05) is 6.92 Å². The van der Waals surface area contributed by atoms with E-state index >= 15 is 0 Å². The third kappa shape index (κ3) is 2.96. The molecule has 4 heteroatoms. The zero-order valence-corrected chi connectivity index (χ0v) is 9.04. The minimum Gasteiger partial charge on any atom is -0.364 e. The van der Waals surface area contributed by atoms with Crippen molar-refractivity contribution in [2.45, 2.75) is 32.7 Å². The zero-order chi connectivity index (χ0) is 10.6. The van der Waals surface area contributed by atoms with E-state index in [1.807, 2.05) is 19.9 Å². The Hall–Kier alpha value is -1.16. The normalized spacial score (nSPS) is 11.4. The topological polar surface area (TPSA) is 63.8 Å². The van der Waals surface area contributed by atoms with Gasteiger partial charge in [0.25, 0.3) is 0 Å².